The summed E-state index contributed by atoms with van der Waals surface area (Å²) in [5, 5.41) is 2.89. The Morgan fingerprint density at radius 1 is 1.05 bits per heavy atom. The lowest BCUT2D eigenvalue weighted by atomic mass is 9.99. The first-order chi connectivity index (χ1) is 9.40. The molecule has 1 aromatic heterocycles. The summed E-state index contributed by atoms with van der Waals surface area (Å²) in [6.45, 7) is 5.76. The molecular weight excluding hydrogens is 297 g/mol. The standard InChI is InChI=1S/C14H13Cl2N3O/c1-7-4-8(2)10(9(3)5-7)14(20)19-11-12(15)17-6-18-13(11)16/h4-6H,1-3H3,(H,19,20). The zero-order valence-electron chi connectivity index (χ0n) is 11.3. The lowest BCUT2D eigenvalue weighted by molar-refractivity contribution is 0.102. The van der Waals surface area contributed by atoms with E-state index in [-0.39, 0.29) is 21.9 Å². The molecule has 1 aromatic carbocycles. The third-order valence-corrected chi connectivity index (χ3v) is 3.47. The molecule has 1 heterocycles. The normalized spacial score (nSPS) is 10.4. The molecule has 0 aliphatic heterocycles. The summed E-state index contributed by atoms with van der Waals surface area (Å²) in [4.78, 5) is 20.0. The highest BCUT2D eigenvalue weighted by Crippen LogP contribution is 2.27. The van der Waals surface area contributed by atoms with E-state index < -0.39 is 0 Å². The van der Waals surface area contributed by atoms with E-state index in [1.54, 1.807) is 0 Å². The van der Waals surface area contributed by atoms with E-state index in [1.165, 1.54) is 6.33 Å². The number of halogens is 2. The second-order valence-corrected chi connectivity index (χ2v) is 5.27. The van der Waals surface area contributed by atoms with Crippen LogP contribution in [0.4, 0.5) is 5.69 Å². The van der Waals surface area contributed by atoms with Gasteiger partial charge in [0.15, 0.2) is 10.3 Å². The number of carbonyl (C=O) groups excluding carboxylic acids is 1. The van der Waals surface area contributed by atoms with Crippen molar-refractivity contribution in [3.8, 4) is 0 Å². The van der Waals surface area contributed by atoms with Gasteiger partial charge in [0.1, 0.15) is 12.0 Å². The first-order valence-electron chi connectivity index (χ1n) is 5.95. The van der Waals surface area contributed by atoms with Crippen LogP contribution in [0.5, 0.6) is 0 Å². The van der Waals surface area contributed by atoms with Crippen molar-refractivity contribution in [3.63, 3.8) is 0 Å². The molecule has 2 rings (SSSR count). The number of carbonyl (C=O) groups is 1. The van der Waals surface area contributed by atoms with E-state index in [1.807, 2.05) is 32.9 Å². The van der Waals surface area contributed by atoms with Crippen LogP contribution in [0.25, 0.3) is 0 Å². The quantitative estimate of drug-likeness (QED) is 0.854. The van der Waals surface area contributed by atoms with Gasteiger partial charge < -0.3 is 5.32 Å². The van der Waals surface area contributed by atoms with Gasteiger partial charge in [0, 0.05) is 5.56 Å². The molecule has 0 fully saturated rings. The van der Waals surface area contributed by atoms with Crippen LogP contribution in [0.1, 0.15) is 27.0 Å². The fraction of sp³-hybridized carbons (Fsp3) is 0.214. The molecule has 0 saturated heterocycles. The minimum absolute atomic E-state index is 0.112. The van der Waals surface area contributed by atoms with Crippen molar-refractivity contribution in [1.82, 2.24) is 9.97 Å². The molecule has 0 aliphatic carbocycles. The van der Waals surface area contributed by atoms with E-state index in [9.17, 15) is 4.79 Å². The minimum Gasteiger partial charge on any atom is -0.317 e. The molecule has 0 unspecified atom stereocenters. The second kappa shape index (κ2) is 5.77. The predicted molar refractivity (Wildman–Crippen MR) is 80.7 cm³/mol. The van der Waals surface area contributed by atoms with E-state index in [2.05, 4.69) is 15.3 Å². The zero-order chi connectivity index (χ0) is 14.9. The van der Waals surface area contributed by atoms with Crippen LogP contribution < -0.4 is 5.32 Å². The largest absolute Gasteiger partial charge is 0.317 e. The van der Waals surface area contributed by atoms with Crippen LogP contribution in [0.2, 0.25) is 10.3 Å². The number of nitrogens with one attached hydrogen (secondary N) is 1. The van der Waals surface area contributed by atoms with Gasteiger partial charge in [-0.3, -0.25) is 4.79 Å². The summed E-state index contributed by atoms with van der Waals surface area (Å²) in [6.07, 6.45) is 1.24. The number of hydrogen-bond acceptors (Lipinski definition) is 3. The number of aryl methyl sites for hydroxylation is 3. The average molecular weight is 310 g/mol. The van der Waals surface area contributed by atoms with Crippen molar-refractivity contribution in [3.05, 3.63) is 51.0 Å². The van der Waals surface area contributed by atoms with Gasteiger partial charge in [-0.25, -0.2) is 9.97 Å². The molecule has 0 bridgehead atoms. The van der Waals surface area contributed by atoms with E-state index in [0.717, 1.165) is 16.7 Å². The number of benzene rings is 1. The average Bonchev–Trinajstić information content (AvgIpc) is 2.32. The molecule has 4 nitrogen and oxygen atoms in total. The number of nitrogens with zero attached hydrogens (tertiary/aromatic N) is 2. The van der Waals surface area contributed by atoms with Gasteiger partial charge in [-0.15, -0.1) is 0 Å². The van der Waals surface area contributed by atoms with Crippen LogP contribution in [-0.4, -0.2) is 15.9 Å². The summed E-state index contributed by atoms with van der Waals surface area (Å²) in [7, 11) is 0. The molecule has 2 aromatic rings. The third kappa shape index (κ3) is 2.92. The Balaban J connectivity index is 2.39. The molecule has 1 N–H and O–H groups in total. The Morgan fingerprint density at radius 2 is 1.55 bits per heavy atom. The zero-order valence-corrected chi connectivity index (χ0v) is 12.8. The number of aromatic nitrogens is 2. The van der Waals surface area contributed by atoms with Gasteiger partial charge in [0.05, 0.1) is 0 Å². The summed E-state index contributed by atoms with van der Waals surface area (Å²) < 4.78 is 0. The van der Waals surface area contributed by atoms with Crippen LogP contribution >= 0.6 is 23.2 Å². The molecule has 0 saturated carbocycles. The number of amides is 1. The highest BCUT2D eigenvalue weighted by molar-refractivity contribution is 6.38. The topological polar surface area (TPSA) is 54.9 Å². The molecule has 20 heavy (non-hydrogen) atoms. The Morgan fingerprint density at radius 3 is 2.05 bits per heavy atom. The van der Waals surface area contributed by atoms with Crippen molar-refractivity contribution < 1.29 is 4.79 Å². The molecule has 104 valence electrons. The van der Waals surface area contributed by atoms with Crippen LogP contribution in [0.3, 0.4) is 0 Å². The fourth-order valence-corrected chi connectivity index (χ4v) is 2.57. The van der Waals surface area contributed by atoms with Gasteiger partial charge in [-0.2, -0.15) is 0 Å². The van der Waals surface area contributed by atoms with Gasteiger partial charge in [-0.05, 0) is 31.9 Å². The maximum atomic E-state index is 12.4. The van der Waals surface area contributed by atoms with E-state index in [4.69, 9.17) is 23.2 Å². The Bertz CT molecular complexity index is 643. The molecule has 0 radical (unpaired) electrons. The molecular formula is C14H13Cl2N3O. The summed E-state index contributed by atoms with van der Waals surface area (Å²) in [6, 6.07) is 3.90. The second-order valence-electron chi connectivity index (χ2n) is 4.56. The SMILES string of the molecule is Cc1cc(C)c(C(=O)Nc2c(Cl)ncnc2Cl)c(C)c1. The predicted octanol–water partition coefficient (Wildman–Crippen LogP) is 3.96. The lowest BCUT2D eigenvalue weighted by Gasteiger charge is -2.12. The van der Waals surface area contributed by atoms with Crippen molar-refractivity contribution in [2.75, 3.05) is 5.32 Å². The molecule has 0 atom stereocenters. The van der Waals surface area contributed by atoms with E-state index in [0.29, 0.717) is 5.56 Å². The van der Waals surface area contributed by atoms with Gasteiger partial charge in [0.2, 0.25) is 0 Å². The molecule has 1 amide bonds. The summed E-state index contributed by atoms with van der Waals surface area (Å²) in [5.41, 5.74) is 3.72. The third-order valence-electron chi connectivity index (χ3n) is 2.90. The maximum absolute atomic E-state index is 12.4. The Hall–Kier alpha value is -1.65. The first kappa shape index (κ1) is 14.8. The van der Waals surface area contributed by atoms with Crippen molar-refractivity contribution in [1.29, 1.82) is 0 Å². The monoisotopic (exact) mass is 309 g/mol. The van der Waals surface area contributed by atoms with Gasteiger partial charge >= 0.3 is 0 Å². The van der Waals surface area contributed by atoms with Crippen LogP contribution in [0.15, 0.2) is 18.5 Å². The summed E-state index contributed by atoms with van der Waals surface area (Å²) in [5.74, 6) is -0.279. The number of rotatable bonds is 2. The van der Waals surface area contributed by atoms with Crippen LogP contribution in [-0.2, 0) is 0 Å². The smallest absolute Gasteiger partial charge is 0.256 e. The van der Waals surface area contributed by atoms with Gasteiger partial charge in [0.25, 0.3) is 5.91 Å². The Kier molecular flexibility index (Phi) is 4.26. The van der Waals surface area contributed by atoms with E-state index >= 15 is 0 Å². The lowest BCUT2D eigenvalue weighted by Crippen LogP contribution is -2.16. The minimum atomic E-state index is -0.279. The van der Waals surface area contributed by atoms with Crippen LogP contribution in [0, 0.1) is 20.8 Å². The first-order valence-corrected chi connectivity index (χ1v) is 6.71. The Labute approximate surface area is 127 Å². The molecule has 6 heteroatoms. The maximum Gasteiger partial charge on any atom is 0.256 e. The van der Waals surface area contributed by atoms with Crippen molar-refractivity contribution in [2.24, 2.45) is 0 Å². The molecule has 0 spiro atoms. The van der Waals surface area contributed by atoms with Crippen molar-refractivity contribution >= 4 is 34.8 Å². The number of anilines is 1. The highest BCUT2D eigenvalue weighted by Gasteiger charge is 2.17. The number of hydrogen-bond donors (Lipinski definition) is 1. The molecule has 0 aliphatic rings. The fourth-order valence-electron chi connectivity index (χ4n) is 2.16. The van der Waals surface area contributed by atoms with Gasteiger partial charge in [-0.1, -0.05) is 40.9 Å². The highest BCUT2D eigenvalue weighted by atomic mass is 35.5. The van der Waals surface area contributed by atoms with Crippen molar-refractivity contribution in [2.45, 2.75) is 20.8 Å². The summed E-state index contributed by atoms with van der Waals surface area (Å²) >= 11 is 11.8.